The van der Waals surface area contributed by atoms with Crippen LogP contribution >= 0.6 is 0 Å². The van der Waals surface area contributed by atoms with E-state index in [9.17, 15) is 0 Å². The topological polar surface area (TPSA) is 21.3 Å². The molecule has 0 heterocycles. The maximum Gasteiger partial charge on any atom is 0.0694 e. The quantitative estimate of drug-likeness (QED) is 0.639. The van der Waals surface area contributed by atoms with Crippen molar-refractivity contribution in [3.05, 3.63) is 12.2 Å². The third-order valence-corrected chi connectivity index (χ3v) is 3.79. The predicted molar refractivity (Wildman–Crippen MR) is 67.6 cm³/mol. The first-order chi connectivity index (χ1) is 7.70. The molecule has 0 aromatic carbocycles. The van der Waals surface area contributed by atoms with Gasteiger partial charge in [0.25, 0.3) is 0 Å². The van der Waals surface area contributed by atoms with Crippen molar-refractivity contribution in [3.63, 3.8) is 0 Å². The average molecular weight is 223 g/mol. The first-order valence-corrected chi connectivity index (χ1v) is 6.72. The van der Waals surface area contributed by atoms with Gasteiger partial charge in [0.15, 0.2) is 0 Å². The van der Waals surface area contributed by atoms with E-state index in [2.05, 4.69) is 18.8 Å². The molecule has 0 aromatic rings. The maximum absolute atomic E-state index is 6.08. The van der Waals surface area contributed by atoms with Crippen molar-refractivity contribution in [2.24, 2.45) is 0 Å². The Bertz CT molecular complexity index is 241. The van der Waals surface area contributed by atoms with Gasteiger partial charge in [-0.25, -0.2) is 0 Å². The minimum absolute atomic E-state index is 0.220. The summed E-state index contributed by atoms with van der Waals surface area (Å²) in [4.78, 5) is 0. The molecule has 0 amide bonds. The van der Waals surface area contributed by atoms with Crippen LogP contribution in [0.4, 0.5) is 0 Å². The summed E-state index contributed by atoms with van der Waals surface area (Å²) in [6.45, 7) is 7.99. The fourth-order valence-electron chi connectivity index (χ4n) is 2.27. The van der Waals surface area contributed by atoms with Crippen LogP contribution in [0.25, 0.3) is 0 Å². The zero-order valence-corrected chi connectivity index (χ0v) is 10.6. The van der Waals surface area contributed by atoms with E-state index in [0.29, 0.717) is 0 Å². The molecule has 0 aromatic heterocycles. The molecular formula is C14H25NO. The minimum atomic E-state index is 0.220. The van der Waals surface area contributed by atoms with E-state index in [-0.39, 0.29) is 5.60 Å². The van der Waals surface area contributed by atoms with Crippen molar-refractivity contribution >= 4 is 0 Å². The highest BCUT2D eigenvalue weighted by Crippen LogP contribution is 2.38. The lowest BCUT2D eigenvalue weighted by atomic mass is 9.77. The Balaban J connectivity index is 1.62. The van der Waals surface area contributed by atoms with Gasteiger partial charge in [-0.3, -0.25) is 0 Å². The SMILES string of the molecule is C=C(C)CCOC1(CCNC2CC2)CCC1. The van der Waals surface area contributed by atoms with Gasteiger partial charge >= 0.3 is 0 Å². The summed E-state index contributed by atoms with van der Waals surface area (Å²) in [6, 6.07) is 0.826. The van der Waals surface area contributed by atoms with Crippen LogP contribution in [-0.4, -0.2) is 24.8 Å². The molecule has 1 N–H and O–H groups in total. The van der Waals surface area contributed by atoms with E-state index in [4.69, 9.17) is 4.74 Å². The van der Waals surface area contributed by atoms with E-state index >= 15 is 0 Å². The number of ether oxygens (including phenoxy) is 1. The van der Waals surface area contributed by atoms with Crippen LogP contribution in [0.15, 0.2) is 12.2 Å². The van der Waals surface area contributed by atoms with Gasteiger partial charge in [0.2, 0.25) is 0 Å². The first kappa shape index (κ1) is 12.1. The number of nitrogens with one attached hydrogen (secondary N) is 1. The van der Waals surface area contributed by atoms with E-state index in [0.717, 1.165) is 25.6 Å². The van der Waals surface area contributed by atoms with E-state index in [1.54, 1.807) is 0 Å². The third-order valence-electron chi connectivity index (χ3n) is 3.79. The monoisotopic (exact) mass is 223 g/mol. The molecule has 0 radical (unpaired) electrons. The van der Waals surface area contributed by atoms with E-state index < -0.39 is 0 Å². The standard InChI is InChI=1S/C14H25NO/c1-12(2)6-11-16-14(7-3-8-14)9-10-15-13-4-5-13/h13,15H,1,3-11H2,2H3. The molecule has 2 fully saturated rings. The summed E-state index contributed by atoms with van der Waals surface area (Å²) in [7, 11) is 0. The van der Waals surface area contributed by atoms with Gasteiger partial charge in [0.1, 0.15) is 0 Å². The summed E-state index contributed by atoms with van der Waals surface area (Å²) in [6.07, 6.45) is 8.83. The summed E-state index contributed by atoms with van der Waals surface area (Å²) in [5.41, 5.74) is 1.45. The van der Waals surface area contributed by atoms with Crippen LogP contribution in [-0.2, 0) is 4.74 Å². The lowest BCUT2D eigenvalue weighted by Gasteiger charge is -2.42. The average Bonchev–Trinajstić information content (AvgIpc) is 2.96. The Labute approximate surface area is 99.4 Å². The molecule has 16 heavy (non-hydrogen) atoms. The largest absolute Gasteiger partial charge is 0.375 e. The minimum Gasteiger partial charge on any atom is -0.375 e. The van der Waals surface area contributed by atoms with E-state index in [1.165, 1.54) is 44.1 Å². The van der Waals surface area contributed by atoms with E-state index in [1.807, 2.05) is 0 Å². The van der Waals surface area contributed by atoms with Crippen LogP contribution < -0.4 is 5.32 Å². The lowest BCUT2D eigenvalue weighted by molar-refractivity contribution is -0.103. The smallest absolute Gasteiger partial charge is 0.0694 e. The summed E-state index contributed by atoms with van der Waals surface area (Å²) in [5, 5.41) is 3.58. The Morgan fingerprint density at radius 1 is 1.44 bits per heavy atom. The molecule has 2 rings (SSSR count). The zero-order valence-electron chi connectivity index (χ0n) is 10.6. The fourth-order valence-corrected chi connectivity index (χ4v) is 2.27. The molecule has 0 bridgehead atoms. The van der Waals surface area contributed by atoms with Crippen LogP contribution in [0.3, 0.4) is 0 Å². The Morgan fingerprint density at radius 3 is 2.69 bits per heavy atom. The van der Waals surface area contributed by atoms with Gasteiger partial charge in [-0.15, -0.1) is 6.58 Å². The molecule has 2 aliphatic carbocycles. The molecule has 0 atom stereocenters. The molecule has 2 heteroatoms. The number of hydrogen-bond acceptors (Lipinski definition) is 2. The molecular weight excluding hydrogens is 198 g/mol. The van der Waals surface area contributed by atoms with Crippen LogP contribution in [0, 0.1) is 0 Å². The second kappa shape index (κ2) is 5.33. The Morgan fingerprint density at radius 2 is 2.19 bits per heavy atom. The second-order valence-corrected chi connectivity index (χ2v) is 5.57. The van der Waals surface area contributed by atoms with Crippen LogP contribution in [0.5, 0.6) is 0 Å². The fraction of sp³-hybridized carbons (Fsp3) is 0.857. The van der Waals surface area contributed by atoms with Crippen molar-refractivity contribution in [1.82, 2.24) is 5.32 Å². The van der Waals surface area contributed by atoms with Gasteiger partial charge in [-0.05, 0) is 58.4 Å². The molecule has 0 spiro atoms. The third kappa shape index (κ3) is 3.60. The summed E-state index contributed by atoms with van der Waals surface area (Å²) < 4.78 is 6.08. The molecule has 2 nitrogen and oxygen atoms in total. The van der Waals surface area contributed by atoms with Crippen molar-refractivity contribution in [3.8, 4) is 0 Å². The predicted octanol–water partition coefficient (Wildman–Crippen LogP) is 3.03. The zero-order chi connectivity index (χ0) is 11.4. The van der Waals surface area contributed by atoms with Gasteiger partial charge in [-0.2, -0.15) is 0 Å². The molecule has 0 unspecified atom stereocenters. The molecule has 2 aliphatic rings. The highest BCUT2D eigenvalue weighted by molar-refractivity contribution is 4.93. The van der Waals surface area contributed by atoms with Gasteiger partial charge in [-0.1, -0.05) is 5.57 Å². The van der Waals surface area contributed by atoms with Gasteiger partial charge in [0.05, 0.1) is 12.2 Å². The molecule has 0 aliphatic heterocycles. The van der Waals surface area contributed by atoms with Crippen molar-refractivity contribution in [2.75, 3.05) is 13.2 Å². The highest BCUT2D eigenvalue weighted by atomic mass is 16.5. The Hall–Kier alpha value is -0.340. The van der Waals surface area contributed by atoms with Crippen LogP contribution in [0.2, 0.25) is 0 Å². The van der Waals surface area contributed by atoms with Crippen molar-refractivity contribution in [2.45, 2.75) is 63.5 Å². The molecule has 2 saturated carbocycles. The summed E-state index contributed by atoms with van der Waals surface area (Å²) >= 11 is 0. The highest BCUT2D eigenvalue weighted by Gasteiger charge is 2.37. The normalized spacial score (nSPS) is 22.8. The van der Waals surface area contributed by atoms with Crippen molar-refractivity contribution < 1.29 is 4.74 Å². The summed E-state index contributed by atoms with van der Waals surface area (Å²) in [5.74, 6) is 0. The molecule has 92 valence electrons. The molecule has 0 saturated heterocycles. The number of hydrogen-bond donors (Lipinski definition) is 1. The Kier molecular flexibility index (Phi) is 4.04. The van der Waals surface area contributed by atoms with Crippen molar-refractivity contribution in [1.29, 1.82) is 0 Å². The maximum atomic E-state index is 6.08. The van der Waals surface area contributed by atoms with Gasteiger partial charge < -0.3 is 10.1 Å². The second-order valence-electron chi connectivity index (χ2n) is 5.57. The van der Waals surface area contributed by atoms with Crippen LogP contribution in [0.1, 0.15) is 51.9 Å². The lowest BCUT2D eigenvalue weighted by Crippen LogP contribution is -2.43. The number of rotatable bonds is 8. The van der Waals surface area contributed by atoms with Gasteiger partial charge in [0, 0.05) is 6.04 Å². The first-order valence-electron chi connectivity index (χ1n) is 6.72.